The van der Waals surface area contributed by atoms with Gasteiger partial charge in [-0.05, 0) is 48.9 Å². The van der Waals surface area contributed by atoms with Crippen LogP contribution in [0.25, 0.3) is 0 Å². The molecule has 6 heteroatoms. The predicted molar refractivity (Wildman–Crippen MR) is 104 cm³/mol. The molecule has 1 amide bonds. The fourth-order valence-electron chi connectivity index (χ4n) is 2.59. The van der Waals surface area contributed by atoms with Crippen molar-refractivity contribution in [3.8, 4) is 5.75 Å². The van der Waals surface area contributed by atoms with Crippen molar-refractivity contribution in [3.63, 3.8) is 0 Å². The molecule has 0 radical (unpaired) electrons. The molecular weight excluding hydrogens is 362 g/mol. The van der Waals surface area contributed by atoms with Gasteiger partial charge in [-0.1, -0.05) is 48.5 Å². The minimum atomic E-state index is -4.06. The molecule has 138 valence electrons. The number of carbonyl (C=O) groups excluding carboxylic acids is 1. The summed E-state index contributed by atoms with van der Waals surface area (Å²) in [6, 6.07) is 23.3. The lowest BCUT2D eigenvalue weighted by atomic mass is 10.2. The number of carbonyl (C=O) groups is 1. The maximum absolute atomic E-state index is 13.1. The normalized spacial score (nSPS) is 11.0. The van der Waals surface area contributed by atoms with Crippen LogP contribution in [0.2, 0.25) is 0 Å². The van der Waals surface area contributed by atoms with Crippen LogP contribution in [0.15, 0.2) is 89.8 Å². The molecule has 3 rings (SSSR count). The van der Waals surface area contributed by atoms with Gasteiger partial charge in [0.05, 0.1) is 10.6 Å². The molecule has 0 N–H and O–H groups in total. The molecule has 0 heterocycles. The zero-order valence-corrected chi connectivity index (χ0v) is 15.6. The van der Waals surface area contributed by atoms with Gasteiger partial charge in [-0.25, -0.2) is 8.42 Å². The van der Waals surface area contributed by atoms with Crippen LogP contribution in [-0.2, 0) is 14.8 Å². The van der Waals surface area contributed by atoms with E-state index in [0.717, 1.165) is 9.87 Å². The molecule has 0 atom stereocenters. The van der Waals surface area contributed by atoms with Gasteiger partial charge in [0.2, 0.25) is 0 Å². The van der Waals surface area contributed by atoms with Crippen LogP contribution in [0.3, 0.4) is 0 Å². The van der Waals surface area contributed by atoms with Gasteiger partial charge in [0.15, 0.2) is 6.61 Å². The summed E-state index contributed by atoms with van der Waals surface area (Å²) in [5.41, 5.74) is 1.25. The number of rotatable bonds is 6. The van der Waals surface area contributed by atoms with E-state index in [1.165, 1.54) is 12.1 Å². The summed E-state index contributed by atoms with van der Waals surface area (Å²) >= 11 is 0. The van der Waals surface area contributed by atoms with Crippen molar-refractivity contribution in [2.75, 3.05) is 10.9 Å². The summed E-state index contributed by atoms with van der Waals surface area (Å²) in [5, 5.41) is 0. The lowest BCUT2D eigenvalue weighted by Gasteiger charge is -2.22. The van der Waals surface area contributed by atoms with Crippen LogP contribution in [0.5, 0.6) is 5.75 Å². The molecule has 0 spiro atoms. The molecule has 0 saturated heterocycles. The lowest BCUT2D eigenvalue weighted by Crippen LogP contribution is -2.40. The highest BCUT2D eigenvalue weighted by atomic mass is 32.2. The number of amides is 1. The van der Waals surface area contributed by atoms with Gasteiger partial charge in [-0.15, -0.1) is 0 Å². The average Bonchev–Trinajstić information content (AvgIpc) is 2.68. The summed E-state index contributed by atoms with van der Waals surface area (Å²) in [6.45, 7) is 1.51. The number of benzene rings is 3. The fourth-order valence-corrected chi connectivity index (χ4v) is 4.02. The smallest absolute Gasteiger partial charge is 0.278 e. The third-order valence-electron chi connectivity index (χ3n) is 3.85. The molecule has 3 aromatic rings. The van der Waals surface area contributed by atoms with E-state index in [0.29, 0.717) is 5.75 Å². The number of hydrogen-bond acceptors (Lipinski definition) is 4. The number of anilines is 1. The summed E-state index contributed by atoms with van der Waals surface area (Å²) in [7, 11) is -4.06. The van der Waals surface area contributed by atoms with Crippen molar-refractivity contribution in [1.29, 1.82) is 0 Å². The molecule has 0 unspecified atom stereocenters. The summed E-state index contributed by atoms with van der Waals surface area (Å²) in [5.74, 6) is -0.167. The Morgan fingerprint density at radius 3 is 2.15 bits per heavy atom. The minimum Gasteiger partial charge on any atom is -0.484 e. The van der Waals surface area contributed by atoms with Gasteiger partial charge in [0.25, 0.3) is 15.9 Å². The number of sulfonamides is 1. The highest BCUT2D eigenvalue weighted by Crippen LogP contribution is 2.24. The Bertz CT molecular complexity index is 1020. The lowest BCUT2D eigenvalue weighted by molar-refractivity contribution is -0.119. The zero-order chi connectivity index (χ0) is 19.3. The van der Waals surface area contributed by atoms with Gasteiger partial charge in [-0.2, -0.15) is 4.31 Å². The highest BCUT2D eigenvalue weighted by Gasteiger charge is 2.31. The fraction of sp³-hybridized carbons (Fsp3) is 0.0952. The van der Waals surface area contributed by atoms with E-state index >= 15 is 0 Å². The third-order valence-corrected chi connectivity index (χ3v) is 5.61. The predicted octanol–water partition coefficient (Wildman–Crippen LogP) is 3.80. The van der Waals surface area contributed by atoms with Crippen molar-refractivity contribution in [1.82, 2.24) is 0 Å². The molecule has 3 aromatic carbocycles. The molecule has 0 fully saturated rings. The second kappa shape index (κ2) is 8.05. The first kappa shape index (κ1) is 18.7. The number of aryl methyl sites for hydroxylation is 1. The van der Waals surface area contributed by atoms with E-state index < -0.39 is 22.5 Å². The van der Waals surface area contributed by atoms with Crippen molar-refractivity contribution >= 4 is 21.6 Å². The van der Waals surface area contributed by atoms with E-state index in [2.05, 4.69) is 0 Å². The van der Waals surface area contributed by atoms with Crippen molar-refractivity contribution in [2.45, 2.75) is 11.8 Å². The first-order valence-corrected chi connectivity index (χ1v) is 9.80. The Labute approximate surface area is 158 Å². The van der Waals surface area contributed by atoms with Crippen molar-refractivity contribution in [3.05, 3.63) is 90.5 Å². The molecule has 0 aliphatic rings. The van der Waals surface area contributed by atoms with E-state index in [4.69, 9.17) is 4.74 Å². The first-order chi connectivity index (χ1) is 13.0. The van der Waals surface area contributed by atoms with Crippen LogP contribution < -0.4 is 9.04 Å². The van der Waals surface area contributed by atoms with Gasteiger partial charge in [-0.3, -0.25) is 4.79 Å². The van der Waals surface area contributed by atoms with E-state index in [9.17, 15) is 13.2 Å². The Balaban J connectivity index is 1.92. The highest BCUT2D eigenvalue weighted by molar-refractivity contribution is 7.93. The zero-order valence-electron chi connectivity index (χ0n) is 14.8. The molecule has 5 nitrogen and oxygen atoms in total. The Kier molecular flexibility index (Phi) is 5.57. The van der Waals surface area contributed by atoms with E-state index in [1.54, 1.807) is 60.7 Å². The van der Waals surface area contributed by atoms with Gasteiger partial charge in [0.1, 0.15) is 5.75 Å². The molecular formula is C21H19NO4S. The average molecular weight is 381 g/mol. The molecule has 0 aliphatic heterocycles. The first-order valence-electron chi connectivity index (χ1n) is 8.36. The van der Waals surface area contributed by atoms with Crippen LogP contribution in [-0.4, -0.2) is 20.9 Å². The maximum atomic E-state index is 13.1. The minimum absolute atomic E-state index is 0.0396. The molecule has 27 heavy (non-hydrogen) atoms. The van der Waals surface area contributed by atoms with Gasteiger partial charge >= 0.3 is 0 Å². The summed E-state index contributed by atoms with van der Waals surface area (Å²) in [6.07, 6.45) is 0. The van der Waals surface area contributed by atoms with E-state index in [1.807, 2.05) is 19.1 Å². The molecule has 0 aromatic heterocycles. The molecule has 0 aliphatic carbocycles. The Morgan fingerprint density at radius 1 is 0.889 bits per heavy atom. The van der Waals surface area contributed by atoms with Crippen LogP contribution in [0.1, 0.15) is 5.56 Å². The summed E-state index contributed by atoms with van der Waals surface area (Å²) in [4.78, 5) is 12.9. The van der Waals surface area contributed by atoms with Crippen molar-refractivity contribution in [2.24, 2.45) is 0 Å². The second-order valence-electron chi connectivity index (χ2n) is 5.92. The van der Waals surface area contributed by atoms with Gasteiger partial charge < -0.3 is 4.74 Å². The topological polar surface area (TPSA) is 63.7 Å². The van der Waals surface area contributed by atoms with E-state index in [-0.39, 0.29) is 10.6 Å². The molecule has 0 bridgehead atoms. The number of para-hydroxylation sites is 1. The SMILES string of the molecule is Cc1cccc(OCC(=O)N(c2ccccc2)S(=O)(=O)c2ccccc2)c1. The standard InChI is InChI=1S/C21H19NO4S/c1-17-9-8-12-19(15-17)26-16-21(23)22(18-10-4-2-5-11-18)27(24,25)20-13-6-3-7-14-20/h2-15H,16H2,1H3. The maximum Gasteiger partial charge on any atom is 0.278 e. The number of nitrogens with zero attached hydrogens (tertiary/aromatic N) is 1. The molecule has 0 saturated carbocycles. The van der Waals surface area contributed by atoms with Crippen molar-refractivity contribution < 1.29 is 17.9 Å². The van der Waals surface area contributed by atoms with Crippen LogP contribution in [0, 0.1) is 6.92 Å². The number of hydrogen-bond donors (Lipinski definition) is 0. The third kappa shape index (κ3) is 4.35. The number of ether oxygens (including phenoxy) is 1. The Hall–Kier alpha value is -3.12. The largest absolute Gasteiger partial charge is 0.484 e. The monoisotopic (exact) mass is 381 g/mol. The second-order valence-corrected chi connectivity index (χ2v) is 7.70. The van der Waals surface area contributed by atoms with Gasteiger partial charge in [0, 0.05) is 0 Å². The Morgan fingerprint density at radius 2 is 1.52 bits per heavy atom. The van der Waals surface area contributed by atoms with Crippen LogP contribution >= 0.6 is 0 Å². The quantitative estimate of drug-likeness (QED) is 0.652. The summed E-state index contributed by atoms with van der Waals surface area (Å²) < 4.78 is 32.5. The van der Waals surface area contributed by atoms with Crippen LogP contribution in [0.4, 0.5) is 5.69 Å².